The van der Waals surface area contributed by atoms with Gasteiger partial charge in [0.1, 0.15) is 0 Å². The largest absolute Gasteiger partial charge is 0.379 e. The van der Waals surface area contributed by atoms with Crippen LogP contribution in [0.15, 0.2) is 36.4 Å². The zero-order valence-corrected chi connectivity index (χ0v) is 24.5. The molecule has 3 aliphatic heterocycles. The molecule has 3 N–H and O–H groups in total. The van der Waals surface area contributed by atoms with Gasteiger partial charge in [0.25, 0.3) is 5.91 Å². The third-order valence-electron chi connectivity index (χ3n) is 9.45. The summed E-state index contributed by atoms with van der Waals surface area (Å²) in [5.74, 6) is 0.0155. The van der Waals surface area contributed by atoms with Crippen molar-refractivity contribution in [2.24, 2.45) is 5.73 Å². The molecule has 2 amide bonds. The van der Waals surface area contributed by atoms with Crippen molar-refractivity contribution < 1.29 is 14.3 Å². The van der Waals surface area contributed by atoms with Crippen molar-refractivity contribution in [3.8, 4) is 11.3 Å². The van der Waals surface area contributed by atoms with Crippen LogP contribution in [-0.4, -0.2) is 71.7 Å². The lowest BCUT2D eigenvalue weighted by atomic mass is 9.88. The number of ether oxygens (including phenoxy) is 1. The van der Waals surface area contributed by atoms with Crippen molar-refractivity contribution in [1.82, 2.24) is 19.7 Å². The van der Waals surface area contributed by atoms with Crippen LogP contribution >= 0.6 is 0 Å². The predicted octanol–water partition coefficient (Wildman–Crippen LogP) is 3.94. The molecule has 4 heterocycles. The van der Waals surface area contributed by atoms with E-state index in [1.165, 1.54) is 16.7 Å². The number of nitrogens with one attached hydrogen (secondary N) is 1. The van der Waals surface area contributed by atoms with Crippen LogP contribution in [0.25, 0.3) is 11.3 Å². The Balaban J connectivity index is 1.44. The second-order valence-corrected chi connectivity index (χ2v) is 11.8. The maximum Gasteiger partial charge on any atom is 0.323 e. The van der Waals surface area contributed by atoms with E-state index >= 15 is 0 Å². The Hall–Kier alpha value is -3.46. The summed E-state index contributed by atoms with van der Waals surface area (Å²) in [7, 11) is 0. The van der Waals surface area contributed by atoms with Crippen LogP contribution in [0, 0.1) is 20.8 Å². The molecule has 0 spiro atoms. The number of rotatable bonds is 5. The van der Waals surface area contributed by atoms with E-state index in [2.05, 4.69) is 51.5 Å². The molecule has 0 radical (unpaired) electrons. The molecule has 8 heteroatoms. The van der Waals surface area contributed by atoms with Gasteiger partial charge >= 0.3 is 6.03 Å². The van der Waals surface area contributed by atoms with Crippen LogP contribution in [-0.2, 0) is 30.7 Å². The lowest BCUT2D eigenvalue weighted by Gasteiger charge is -2.39. The van der Waals surface area contributed by atoms with E-state index in [0.717, 1.165) is 98.8 Å². The summed E-state index contributed by atoms with van der Waals surface area (Å²) >= 11 is 0. The highest BCUT2D eigenvalue weighted by Gasteiger charge is 2.34. The molecule has 1 aromatic heterocycles. The van der Waals surface area contributed by atoms with Gasteiger partial charge in [0.2, 0.25) is 0 Å². The van der Waals surface area contributed by atoms with E-state index in [0.29, 0.717) is 12.1 Å². The maximum atomic E-state index is 14.8. The van der Waals surface area contributed by atoms with Gasteiger partial charge in [-0.25, -0.2) is 4.79 Å². The summed E-state index contributed by atoms with van der Waals surface area (Å²) < 4.78 is 7.14. The predicted molar refractivity (Wildman–Crippen MR) is 160 cm³/mol. The number of aromatic nitrogens is 1. The smallest absolute Gasteiger partial charge is 0.323 e. The molecule has 1 saturated heterocycles. The molecule has 0 unspecified atom stereocenters. The van der Waals surface area contributed by atoms with Gasteiger partial charge in [-0.2, -0.15) is 0 Å². The third kappa shape index (κ3) is 5.20. The molecule has 41 heavy (non-hydrogen) atoms. The number of benzene rings is 2. The summed E-state index contributed by atoms with van der Waals surface area (Å²) in [6, 6.07) is 12.3. The van der Waals surface area contributed by atoms with Gasteiger partial charge < -0.3 is 20.7 Å². The number of carbonyl (C=O) groups is 2. The van der Waals surface area contributed by atoms with Crippen molar-refractivity contribution in [2.45, 2.75) is 59.2 Å². The van der Waals surface area contributed by atoms with E-state index in [9.17, 15) is 9.59 Å². The van der Waals surface area contributed by atoms with Gasteiger partial charge in [0.15, 0.2) is 0 Å². The number of hydrogen-bond acceptors (Lipinski definition) is 5. The summed E-state index contributed by atoms with van der Waals surface area (Å²) in [5, 5.41) is 3.46. The summed E-state index contributed by atoms with van der Waals surface area (Å²) in [4.78, 5) is 32.0. The highest BCUT2D eigenvalue weighted by molar-refractivity contribution is 6.03. The van der Waals surface area contributed by atoms with Crippen LogP contribution in [0.3, 0.4) is 0 Å². The van der Waals surface area contributed by atoms with E-state index < -0.39 is 6.03 Å². The topological polar surface area (TPSA) is 92.8 Å². The van der Waals surface area contributed by atoms with Crippen molar-refractivity contribution in [3.63, 3.8) is 0 Å². The van der Waals surface area contributed by atoms with Gasteiger partial charge in [0, 0.05) is 55.6 Å². The van der Waals surface area contributed by atoms with Crippen molar-refractivity contribution >= 4 is 11.9 Å². The van der Waals surface area contributed by atoms with Gasteiger partial charge in [-0.15, -0.1) is 0 Å². The number of morpholine rings is 1. The van der Waals surface area contributed by atoms with Crippen molar-refractivity contribution in [2.75, 3.05) is 39.4 Å². The Morgan fingerprint density at radius 3 is 2.51 bits per heavy atom. The van der Waals surface area contributed by atoms with Crippen LogP contribution in [0.4, 0.5) is 4.79 Å². The fourth-order valence-electron chi connectivity index (χ4n) is 6.85. The van der Waals surface area contributed by atoms with Crippen LogP contribution < -0.4 is 11.1 Å². The summed E-state index contributed by atoms with van der Waals surface area (Å²) in [6.07, 6.45) is 2.62. The maximum absolute atomic E-state index is 14.8. The number of nitrogens with zero attached hydrogens (tertiary/aromatic N) is 3. The van der Waals surface area contributed by atoms with Crippen LogP contribution in [0.1, 0.15) is 55.9 Å². The van der Waals surface area contributed by atoms with E-state index in [4.69, 9.17) is 10.5 Å². The fourth-order valence-corrected chi connectivity index (χ4v) is 6.85. The number of carbonyl (C=O) groups excluding carboxylic acids is 2. The van der Waals surface area contributed by atoms with Crippen LogP contribution in [0.5, 0.6) is 0 Å². The number of hydrogen-bond donors (Lipinski definition) is 2. The second kappa shape index (κ2) is 11.4. The number of nitrogens with two attached hydrogens (primary N) is 1. The molecule has 6 rings (SSSR count). The van der Waals surface area contributed by atoms with E-state index in [1.54, 1.807) is 4.57 Å². The molecular weight excluding hydrogens is 514 g/mol. The molecule has 2 aromatic carbocycles. The Kier molecular flexibility index (Phi) is 7.72. The SMILES string of the molecule is Cc1c(C)c(-c2cc3c(cc2C(=O)N2Cc4ccccc4C[C@H]2CCN2CCOCC2)CNCC3)n(C(N)=O)c1C. The van der Waals surface area contributed by atoms with Crippen molar-refractivity contribution in [3.05, 3.63) is 81.0 Å². The molecule has 0 saturated carbocycles. The first kappa shape index (κ1) is 27.7. The normalized spacial score (nSPS) is 19.1. The lowest BCUT2D eigenvalue weighted by Crippen LogP contribution is -2.47. The monoisotopic (exact) mass is 555 g/mol. The Bertz CT molecular complexity index is 1490. The number of fused-ring (bicyclic) bond motifs is 2. The molecule has 0 bridgehead atoms. The van der Waals surface area contributed by atoms with Crippen molar-refractivity contribution in [1.29, 1.82) is 0 Å². The average molecular weight is 556 g/mol. The van der Waals surface area contributed by atoms with Gasteiger partial charge in [0.05, 0.1) is 18.9 Å². The Labute approximate surface area is 242 Å². The zero-order chi connectivity index (χ0) is 28.7. The highest BCUT2D eigenvalue weighted by atomic mass is 16.5. The number of primary amides is 1. The number of amides is 2. The molecule has 1 fully saturated rings. The van der Waals surface area contributed by atoms with Gasteiger partial charge in [-0.05, 0) is 92.1 Å². The third-order valence-corrected chi connectivity index (χ3v) is 9.45. The minimum atomic E-state index is -0.526. The molecule has 0 aliphatic carbocycles. The molecule has 8 nitrogen and oxygen atoms in total. The summed E-state index contributed by atoms with van der Waals surface area (Å²) in [6.45, 7) is 12.5. The standard InChI is InChI=1S/C33H41N5O3/c1-21-22(2)31(38(23(21)3)33(34)40)29-17-25-8-10-35-19-27(25)18-30(29)32(39)37-20-26-7-5-4-6-24(26)16-28(37)9-11-36-12-14-41-15-13-36/h4-7,17-18,28,35H,8-16,19-20H2,1-3H3,(H2,34,40)/t28-/m1/s1. The zero-order valence-electron chi connectivity index (χ0n) is 24.5. The lowest BCUT2D eigenvalue weighted by molar-refractivity contribution is 0.0308. The quantitative estimate of drug-likeness (QED) is 0.498. The highest BCUT2D eigenvalue weighted by Crippen LogP contribution is 2.37. The first-order valence-corrected chi connectivity index (χ1v) is 14.9. The first-order chi connectivity index (χ1) is 19.8. The molecule has 3 aromatic rings. The molecule has 1 atom stereocenters. The Morgan fingerprint density at radius 1 is 1.00 bits per heavy atom. The molecule has 3 aliphatic rings. The average Bonchev–Trinajstić information content (AvgIpc) is 3.22. The van der Waals surface area contributed by atoms with E-state index in [-0.39, 0.29) is 11.9 Å². The van der Waals surface area contributed by atoms with Gasteiger partial charge in [-0.1, -0.05) is 24.3 Å². The summed E-state index contributed by atoms with van der Waals surface area (Å²) in [5.41, 5.74) is 15.8. The van der Waals surface area contributed by atoms with Gasteiger partial charge in [-0.3, -0.25) is 14.3 Å². The van der Waals surface area contributed by atoms with Crippen LogP contribution in [0.2, 0.25) is 0 Å². The minimum absolute atomic E-state index is 0.0155. The second-order valence-electron chi connectivity index (χ2n) is 11.8. The first-order valence-electron chi connectivity index (χ1n) is 14.9. The molecule has 216 valence electrons. The Morgan fingerprint density at radius 2 is 1.76 bits per heavy atom. The van der Waals surface area contributed by atoms with E-state index in [1.807, 2.05) is 20.8 Å². The molecular formula is C33H41N5O3. The fraction of sp³-hybridized carbons (Fsp3) is 0.455. The minimum Gasteiger partial charge on any atom is -0.379 e.